The molecule has 1 aliphatic heterocycles. The molecule has 20 heavy (non-hydrogen) atoms. The zero-order valence-electron chi connectivity index (χ0n) is 11.3. The standard InChI is InChI=1S/C16H16N2O2/c1-11-9-13(16(19)20)10-17-15(11)18-8-4-6-12-5-2-3-7-14(12)18/h2-3,5,7,9-10H,4,6,8H2,1H3,(H,19,20). The summed E-state index contributed by atoms with van der Waals surface area (Å²) in [5, 5.41) is 9.01. The molecule has 0 atom stereocenters. The number of aromatic carboxylic acids is 1. The molecule has 4 nitrogen and oxygen atoms in total. The summed E-state index contributed by atoms with van der Waals surface area (Å²) < 4.78 is 0. The van der Waals surface area contributed by atoms with Gasteiger partial charge in [0.15, 0.2) is 0 Å². The number of nitrogens with zero attached hydrogens (tertiary/aromatic N) is 2. The Kier molecular flexibility index (Phi) is 3.14. The first kappa shape index (κ1) is 12.7. The molecule has 3 rings (SSSR count). The number of pyridine rings is 1. The van der Waals surface area contributed by atoms with Crippen molar-refractivity contribution in [2.24, 2.45) is 0 Å². The van der Waals surface area contributed by atoms with Crippen molar-refractivity contribution < 1.29 is 9.90 Å². The molecular weight excluding hydrogens is 252 g/mol. The molecule has 0 spiro atoms. The first-order valence-corrected chi connectivity index (χ1v) is 6.72. The smallest absolute Gasteiger partial charge is 0.337 e. The van der Waals surface area contributed by atoms with Crippen LogP contribution in [0.25, 0.3) is 0 Å². The fourth-order valence-corrected chi connectivity index (χ4v) is 2.72. The lowest BCUT2D eigenvalue weighted by atomic mass is 10.0. The van der Waals surface area contributed by atoms with Gasteiger partial charge in [0, 0.05) is 18.4 Å². The van der Waals surface area contributed by atoms with Crippen molar-refractivity contribution in [2.45, 2.75) is 19.8 Å². The molecule has 0 radical (unpaired) electrons. The van der Waals surface area contributed by atoms with Gasteiger partial charge in [0.05, 0.1) is 5.56 Å². The van der Waals surface area contributed by atoms with E-state index in [0.717, 1.165) is 30.8 Å². The van der Waals surface area contributed by atoms with Crippen LogP contribution in [0.4, 0.5) is 11.5 Å². The topological polar surface area (TPSA) is 53.4 Å². The van der Waals surface area contributed by atoms with Gasteiger partial charge in [-0.3, -0.25) is 0 Å². The predicted molar refractivity (Wildman–Crippen MR) is 77.7 cm³/mol. The second kappa shape index (κ2) is 4.96. The van der Waals surface area contributed by atoms with Crippen LogP contribution in [0, 0.1) is 6.92 Å². The molecule has 0 bridgehead atoms. The Balaban J connectivity index is 2.04. The maximum Gasteiger partial charge on any atom is 0.337 e. The van der Waals surface area contributed by atoms with E-state index < -0.39 is 5.97 Å². The van der Waals surface area contributed by atoms with Crippen molar-refractivity contribution in [3.05, 3.63) is 53.2 Å². The third kappa shape index (κ3) is 2.13. The quantitative estimate of drug-likeness (QED) is 0.909. The molecule has 1 aromatic carbocycles. The van der Waals surface area contributed by atoms with E-state index in [4.69, 9.17) is 5.11 Å². The summed E-state index contributed by atoms with van der Waals surface area (Å²) in [4.78, 5) is 17.5. The average molecular weight is 268 g/mol. The first-order chi connectivity index (χ1) is 9.66. The molecule has 2 aromatic rings. The minimum absolute atomic E-state index is 0.233. The number of fused-ring (bicyclic) bond motifs is 1. The summed E-state index contributed by atoms with van der Waals surface area (Å²) in [7, 11) is 0. The van der Waals surface area contributed by atoms with Gasteiger partial charge in [-0.25, -0.2) is 9.78 Å². The summed E-state index contributed by atoms with van der Waals surface area (Å²) in [5.41, 5.74) is 3.62. The van der Waals surface area contributed by atoms with Gasteiger partial charge in [0.2, 0.25) is 0 Å². The maximum atomic E-state index is 11.0. The monoisotopic (exact) mass is 268 g/mol. The molecule has 1 aromatic heterocycles. The van der Waals surface area contributed by atoms with Crippen LogP contribution in [0.3, 0.4) is 0 Å². The minimum Gasteiger partial charge on any atom is -0.478 e. The second-order valence-corrected chi connectivity index (χ2v) is 5.05. The highest BCUT2D eigenvalue weighted by Crippen LogP contribution is 2.33. The largest absolute Gasteiger partial charge is 0.478 e. The number of aromatic nitrogens is 1. The summed E-state index contributed by atoms with van der Waals surface area (Å²) in [6.07, 6.45) is 3.60. The average Bonchev–Trinajstić information content (AvgIpc) is 2.46. The van der Waals surface area contributed by atoms with Crippen molar-refractivity contribution in [1.29, 1.82) is 0 Å². The number of hydrogen-bond acceptors (Lipinski definition) is 3. The van der Waals surface area contributed by atoms with Crippen LogP contribution in [0.1, 0.15) is 27.9 Å². The van der Waals surface area contributed by atoms with Gasteiger partial charge in [-0.2, -0.15) is 0 Å². The van der Waals surface area contributed by atoms with E-state index in [1.54, 1.807) is 6.07 Å². The molecular formula is C16H16N2O2. The fourth-order valence-electron chi connectivity index (χ4n) is 2.72. The molecule has 1 aliphatic rings. The predicted octanol–water partition coefficient (Wildman–Crippen LogP) is 3.17. The van der Waals surface area contributed by atoms with Crippen LogP contribution in [-0.2, 0) is 6.42 Å². The van der Waals surface area contributed by atoms with Crippen LogP contribution < -0.4 is 4.90 Å². The number of anilines is 2. The van der Waals surface area contributed by atoms with E-state index in [-0.39, 0.29) is 5.56 Å². The highest BCUT2D eigenvalue weighted by molar-refractivity contribution is 5.88. The maximum absolute atomic E-state index is 11.0. The van der Waals surface area contributed by atoms with Gasteiger partial charge in [0.25, 0.3) is 0 Å². The van der Waals surface area contributed by atoms with E-state index in [9.17, 15) is 4.79 Å². The van der Waals surface area contributed by atoms with Gasteiger partial charge < -0.3 is 10.0 Å². The summed E-state index contributed by atoms with van der Waals surface area (Å²) in [5.74, 6) is -0.0895. The Morgan fingerprint density at radius 1 is 1.35 bits per heavy atom. The van der Waals surface area contributed by atoms with E-state index in [2.05, 4.69) is 28.1 Å². The highest BCUT2D eigenvalue weighted by atomic mass is 16.4. The highest BCUT2D eigenvalue weighted by Gasteiger charge is 2.20. The van der Waals surface area contributed by atoms with Crippen molar-refractivity contribution in [2.75, 3.05) is 11.4 Å². The third-order valence-corrected chi connectivity index (χ3v) is 3.66. The third-order valence-electron chi connectivity index (χ3n) is 3.66. The van der Waals surface area contributed by atoms with Crippen LogP contribution in [0.2, 0.25) is 0 Å². The van der Waals surface area contributed by atoms with Gasteiger partial charge in [0.1, 0.15) is 5.82 Å². The van der Waals surface area contributed by atoms with Crippen molar-refractivity contribution >= 4 is 17.5 Å². The number of carboxylic acid groups (broad SMARTS) is 1. The number of carbonyl (C=O) groups is 1. The molecule has 4 heteroatoms. The molecule has 1 N–H and O–H groups in total. The van der Waals surface area contributed by atoms with Gasteiger partial charge >= 0.3 is 5.97 Å². The summed E-state index contributed by atoms with van der Waals surface area (Å²) >= 11 is 0. The molecule has 0 saturated heterocycles. The fraction of sp³-hybridized carbons (Fsp3) is 0.250. The molecule has 0 aliphatic carbocycles. The van der Waals surface area contributed by atoms with Crippen LogP contribution in [0.5, 0.6) is 0 Å². The first-order valence-electron chi connectivity index (χ1n) is 6.72. The Bertz CT molecular complexity index is 667. The number of aryl methyl sites for hydroxylation is 2. The van der Waals surface area contributed by atoms with E-state index in [1.807, 2.05) is 13.0 Å². The number of carboxylic acids is 1. The lowest BCUT2D eigenvalue weighted by Crippen LogP contribution is -2.26. The number of hydrogen-bond donors (Lipinski definition) is 1. The number of rotatable bonds is 2. The van der Waals surface area contributed by atoms with Crippen LogP contribution in [0.15, 0.2) is 36.5 Å². The minimum atomic E-state index is -0.939. The SMILES string of the molecule is Cc1cc(C(=O)O)cnc1N1CCCc2ccccc21. The Morgan fingerprint density at radius 3 is 2.90 bits per heavy atom. The Labute approximate surface area is 117 Å². The van der Waals surface area contributed by atoms with E-state index in [0.29, 0.717) is 0 Å². The van der Waals surface area contributed by atoms with E-state index >= 15 is 0 Å². The summed E-state index contributed by atoms with van der Waals surface area (Å²) in [6, 6.07) is 10.00. The van der Waals surface area contributed by atoms with Gasteiger partial charge in [-0.15, -0.1) is 0 Å². The summed E-state index contributed by atoms with van der Waals surface area (Å²) in [6.45, 7) is 2.82. The van der Waals surface area contributed by atoms with Crippen LogP contribution >= 0.6 is 0 Å². The van der Waals surface area contributed by atoms with Gasteiger partial charge in [-0.1, -0.05) is 18.2 Å². The molecule has 102 valence electrons. The van der Waals surface area contributed by atoms with Crippen molar-refractivity contribution in [3.8, 4) is 0 Å². The lowest BCUT2D eigenvalue weighted by molar-refractivity contribution is 0.0696. The molecule has 0 unspecified atom stereocenters. The molecule has 2 heterocycles. The molecule has 0 fully saturated rings. The van der Waals surface area contributed by atoms with Crippen molar-refractivity contribution in [3.63, 3.8) is 0 Å². The molecule has 0 saturated carbocycles. The van der Waals surface area contributed by atoms with Crippen molar-refractivity contribution in [1.82, 2.24) is 4.98 Å². The van der Waals surface area contributed by atoms with Gasteiger partial charge in [-0.05, 0) is 43.0 Å². The zero-order valence-corrected chi connectivity index (χ0v) is 11.3. The normalized spacial score (nSPS) is 13.9. The Hall–Kier alpha value is -2.36. The van der Waals surface area contributed by atoms with E-state index in [1.165, 1.54) is 17.4 Å². The number of para-hydroxylation sites is 1. The zero-order chi connectivity index (χ0) is 14.1. The van der Waals surface area contributed by atoms with Crippen LogP contribution in [-0.4, -0.2) is 22.6 Å². The number of benzene rings is 1. The lowest BCUT2D eigenvalue weighted by Gasteiger charge is -2.31. The Morgan fingerprint density at radius 2 is 2.15 bits per heavy atom. The second-order valence-electron chi connectivity index (χ2n) is 5.05. The molecule has 0 amide bonds.